The monoisotopic (exact) mass is 725 g/mol. The summed E-state index contributed by atoms with van der Waals surface area (Å²) in [7, 11) is 0. The summed E-state index contributed by atoms with van der Waals surface area (Å²) in [6.07, 6.45) is 0. The Balaban J connectivity index is 1.28. The fraction of sp³-hybridized carbons (Fsp3) is 0. The van der Waals surface area contributed by atoms with Gasteiger partial charge in [0.25, 0.3) is 0 Å². The molecule has 0 atom stereocenters. The lowest BCUT2D eigenvalue weighted by Gasteiger charge is -2.19. The first kappa shape index (κ1) is 31.7. The van der Waals surface area contributed by atoms with Gasteiger partial charge in [0.05, 0.1) is 44.5 Å². The van der Waals surface area contributed by atoms with Gasteiger partial charge in [0, 0.05) is 43.6 Å². The maximum Gasteiger partial charge on any atom is 0.0784 e. The van der Waals surface area contributed by atoms with Gasteiger partial charge in [-0.15, -0.1) is 0 Å². The molecule has 0 saturated carbocycles. The van der Waals surface area contributed by atoms with E-state index in [1.165, 1.54) is 82.2 Å². The molecule has 3 heterocycles. The zero-order valence-electron chi connectivity index (χ0n) is 31.0. The van der Waals surface area contributed by atoms with Crippen LogP contribution in [0.4, 0.5) is 0 Å². The Morgan fingerprint density at radius 2 is 0.667 bits per heavy atom. The topological polar surface area (TPSA) is 14.8 Å². The van der Waals surface area contributed by atoms with Gasteiger partial charge in [-0.25, -0.2) is 0 Å². The van der Waals surface area contributed by atoms with Crippen molar-refractivity contribution < 1.29 is 0 Å². The lowest BCUT2D eigenvalue weighted by Crippen LogP contribution is -2.04. The fourth-order valence-electron chi connectivity index (χ4n) is 9.38. The summed E-state index contributed by atoms with van der Waals surface area (Å²) < 4.78 is 7.48. The molecule has 0 spiro atoms. The first-order valence-electron chi connectivity index (χ1n) is 19.6. The highest BCUT2D eigenvalue weighted by atomic mass is 15.1. The molecule has 0 N–H and O–H groups in total. The lowest BCUT2D eigenvalue weighted by molar-refractivity contribution is 1.11. The lowest BCUT2D eigenvalue weighted by atomic mass is 9.97. The zero-order valence-corrected chi connectivity index (χ0v) is 31.0. The van der Waals surface area contributed by atoms with Gasteiger partial charge in [-0.05, 0) is 71.3 Å². The van der Waals surface area contributed by atoms with Crippen LogP contribution in [0, 0.1) is 0 Å². The number of nitrogens with zero attached hydrogens (tertiary/aromatic N) is 3. The summed E-state index contributed by atoms with van der Waals surface area (Å²) in [5.74, 6) is 0. The van der Waals surface area contributed by atoms with Crippen LogP contribution in [-0.4, -0.2) is 13.7 Å². The highest BCUT2D eigenvalue weighted by Gasteiger charge is 2.24. The van der Waals surface area contributed by atoms with E-state index in [-0.39, 0.29) is 0 Å². The molecule has 12 aromatic rings. The second-order valence-electron chi connectivity index (χ2n) is 14.9. The predicted molar refractivity (Wildman–Crippen MR) is 240 cm³/mol. The second-order valence-corrected chi connectivity index (χ2v) is 14.9. The molecule has 57 heavy (non-hydrogen) atoms. The van der Waals surface area contributed by atoms with Gasteiger partial charge >= 0.3 is 0 Å². The number of hydrogen-bond acceptors (Lipinski definition) is 0. The average molecular weight is 726 g/mol. The summed E-state index contributed by atoms with van der Waals surface area (Å²) >= 11 is 0. The van der Waals surface area contributed by atoms with E-state index in [9.17, 15) is 0 Å². The van der Waals surface area contributed by atoms with Gasteiger partial charge in [0.2, 0.25) is 0 Å². The van der Waals surface area contributed by atoms with Gasteiger partial charge in [0.15, 0.2) is 0 Å². The summed E-state index contributed by atoms with van der Waals surface area (Å²) in [5, 5.41) is 7.39. The SMILES string of the molecule is c1ccc(-c2ccc(-n3c4ccccc4c4cc(-n5c6ccccc6c6ccccc65)cc(-n5c6ccccc6c6ccccc65)c43)c(-c3ccccc3)c2)cc1. The van der Waals surface area contributed by atoms with Crippen molar-refractivity contribution in [2.45, 2.75) is 0 Å². The highest BCUT2D eigenvalue weighted by molar-refractivity contribution is 6.17. The Bertz CT molecular complexity index is 3400. The minimum absolute atomic E-state index is 1.13. The molecule has 0 aliphatic carbocycles. The number of benzene rings is 9. The minimum atomic E-state index is 1.13. The van der Waals surface area contributed by atoms with Gasteiger partial charge in [-0.3, -0.25) is 0 Å². The third-order valence-electron chi connectivity index (χ3n) is 11.8. The van der Waals surface area contributed by atoms with Crippen molar-refractivity contribution in [1.29, 1.82) is 0 Å². The summed E-state index contributed by atoms with van der Waals surface area (Å²) in [6.45, 7) is 0. The van der Waals surface area contributed by atoms with Crippen LogP contribution in [0.5, 0.6) is 0 Å². The predicted octanol–water partition coefficient (Wildman–Crippen LogP) is 14.3. The van der Waals surface area contributed by atoms with Crippen LogP contribution >= 0.6 is 0 Å². The van der Waals surface area contributed by atoms with E-state index in [0.717, 1.165) is 22.6 Å². The molecule has 3 heteroatoms. The van der Waals surface area contributed by atoms with E-state index >= 15 is 0 Å². The van der Waals surface area contributed by atoms with Crippen LogP contribution in [-0.2, 0) is 0 Å². The van der Waals surface area contributed by atoms with Crippen LogP contribution in [0.3, 0.4) is 0 Å². The van der Waals surface area contributed by atoms with E-state index in [2.05, 4.69) is 226 Å². The van der Waals surface area contributed by atoms with Crippen molar-refractivity contribution in [3.63, 3.8) is 0 Å². The van der Waals surface area contributed by atoms with Gasteiger partial charge in [-0.1, -0.05) is 158 Å². The number of para-hydroxylation sites is 5. The van der Waals surface area contributed by atoms with Crippen molar-refractivity contribution in [2.24, 2.45) is 0 Å². The van der Waals surface area contributed by atoms with Gasteiger partial charge in [-0.2, -0.15) is 0 Å². The molecule has 0 unspecified atom stereocenters. The Hall–Kier alpha value is -7.62. The molecular formula is C54H35N3. The molecule has 9 aromatic carbocycles. The Kier molecular flexibility index (Phi) is 6.93. The first-order valence-corrected chi connectivity index (χ1v) is 19.6. The first-order chi connectivity index (χ1) is 28.3. The summed E-state index contributed by atoms with van der Waals surface area (Å²) in [6, 6.07) is 77.6. The average Bonchev–Trinajstić information content (AvgIpc) is 3.92. The van der Waals surface area contributed by atoms with Crippen molar-refractivity contribution >= 4 is 65.4 Å². The molecule has 0 amide bonds. The smallest absolute Gasteiger partial charge is 0.0784 e. The van der Waals surface area contributed by atoms with Crippen LogP contribution in [0.2, 0.25) is 0 Å². The molecule has 266 valence electrons. The fourth-order valence-corrected chi connectivity index (χ4v) is 9.38. The Morgan fingerprint density at radius 3 is 1.19 bits per heavy atom. The van der Waals surface area contributed by atoms with E-state index < -0.39 is 0 Å². The quantitative estimate of drug-likeness (QED) is 0.168. The maximum atomic E-state index is 2.52. The summed E-state index contributed by atoms with van der Waals surface area (Å²) in [4.78, 5) is 0. The molecule has 0 bridgehead atoms. The van der Waals surface area contributed by atoms with E-state index in [1.54, 1.807) is 0 Å². The van der Waals surface area contributed by atoms with Crippen molar-refractivity contribution in [3.8, 4) is 39.3 Å². The molecule has 0 radical (unpaired) electrons. The maximum absolute atomic E-state index is 2.52. The summed E-state index contributed by atoms with van der Waals surface area (Å²) in [5.41, 5.74) is 15.2. The zero-order chi connectivity index (χ0) is 37.5. The molecule has 12 rings (SSSR count). The van der Waals surface area contributed by atoms with Crippen molar-refractivity contribution in [2.75, 3.05) is 0 Å². The minimum Gasteiger partial charge on any atom is -0.309 e. The molecule has 3 aromatic heterocycles. The number of rotatable bonds is 5. The molecule has 0 saturated heterocycles. The van der Waals surface area contributed by atoms with E-state index in [4.69, 9.17) is 0 Å². The molecule has 0 aliphatic heterocycles. The van der Waals surface area contributed by atoms with E-state index in [0.29, 0.717) is 0 Å². The normalized spacial score (nSPS) is 11.9. The standard InChI is InChI=1S/C54H35N3/c1-3-17-36(18-4-1)38-31-32-52(45(33-38)37-19-5-2-6-20-37)57-51-30-16-11-25-44(51)46-34-39(55-47-26-12-7-21-40(47)41-22-8-13-27-48(41)55)35-53(54(46)57)56-49-28-14-9-23-42(49)43-24-10-15-29-50(43)56/h1-35H. The second kappa shape index (κ2) is 12.5. The van der Waals surface area contributed by atoms with Crippen LogP contribution in [0.25, 0.3) is 105 Å². The van der Waals surface area contributed by atoms with Crippen molar-refractivity contribution in [3.05, 3.63) is 212 Å². The van der Waals surface area contributed by atoms with Crippen LogP contribution in [0.1, 0.15) is 0 Å². The highest BCUT2D eigenvalue weighted by Crippen LogP contribution is 2.44. The molecule has 0 fully saturated rings. The van der Waals surface area contributed by atoms with Crippen LogP contribution < -0.4 is 0 Å². The van der Waals surface area contributed by atoms with E-state index in [1.807, 2.05) is 0 Å². The molecule has 0 aliphatic rings. The Labute approximate surface area is 329 Å². The number of aromatic nitrogens is 3. The third-order valence-corrected chi connectivity index (χ3v) is 11.8. The number of fused-ring (bicyclic) bond motifs is 9. The van der Waals surface area contributed by atoms with Gasteiger partial charge in [0.1, 0.15) is 0 Å². The third kappa shape index (κ3) is 4.73. The van der Waals surface area contributed by atoms with Gasteiger partial charge < -0.3 is 13.7 Å². The van der Waals surface area contributed by atoms with Crippen molar-refractivity contribution in [1.82, 2.24) is 13.7 Å². The molecule has 3 nitrogen and oxygen atoms in total. The molecular weight excluding hydrogens is 691 g/mol. The Morgan fingerprint density at radius 1 is 0.246 bits per heavy atom. The largest absolute Gasteiger partial charge is 0.309 e. The van der Waals surface area contributed by atoms with Crippen LogP contribution in [0.15, 0.2) is 212 Å². The number of hydrogen-bond donors (Lipinski definition) is 0.